The van der Waals surface area contributed by atoms with Gasteiger partial charge in [-0.15, -0.1) is 0 Å². The van der Waals surface area contributed by atoms with Crippen LogP contribution in [0.4, 0.5) is 9.18 Å². The molecule has 0 bridgehead atoms. The third-order valence-corrected chi connectivity index (χ3v) is 4.39. The summed E-state index contributed by atoms with van der Waals surface area (Å²) in [5, 5.41) is 2.89. The summed E-state index contributed by atoms with van der Waals surface area (Å²) in [6.45, 7) is 2.81. The molecule has 0 spiro atoms. The van der Waals surface area contributed by atoms with Gasteiger partial charge >= 0.3 is 12.0 Å². The molecule has 0 unspecified atom stereocenters. The number of carbonyl (C=O) groups excluding carboxylic acids is 2. The molecule has 0 radical (unpaired) electrons. The van der Waals surface area contributed by atoms with Crippen molar-refractivity contribution in [3.8, 4) is 0 Å². The molecule has 1 heterocycles. The van der Waals surface area contributed by atoms with Crippen LogP contribution in [-0.2, 0) is 9.53 Å². The van der Waals surface area contributed by atoms with E-state index < -0.39 is 5.82 Å². The number of esters is 1. The van der Waals surface area contributed by atoms with Gasteiger partial charge in [-0.2, -0.15) is 0 Å². The van der Waals surface area contributed by atoms with E-state index in [0.29, 0.717) is 25.9 Å². The van der Waals surface area contributed by atoms with E-state index in [4.69, 9.17) is 16.3 Å². The normalized spacial score (nSPS) is 16.8. The van der Waals surface area contributed by atoms with E-state index in [1.165, 1.54) is 19.2 Å². The summed E-state index contributed by atoms with van der Waals surface area (Å²) in [5.74, 6) is -0.851. The van der Waals surface area contributed by atoms with E-state index in [-0.39, 0.29) is 29.0 Å². The largest absolute Gasteiger partial charge is 0.469 e. The number of hydrogen-bond acceptors (Lipinski definition) is 3. The maximum absolute atomic E-state index is 13.2. The Morgan fingerprint density at radius 2 is 2.04 bits per heavy atom. The van der Waals surface area contributed by atoms with Gasteiger partial charge in [-0.3, -0.25) is 4.79 Å². The number of benzene rings is 1. The van der Waals surface area contributed by atoms with Gasteiger partial charge in [0.2, 0.25) is 0 Å². The molecule has 2 amide bonds. The molecule has 23 heavy (non-hydrogen) atoms. The van der Waals surface area contributed by atoms with Crippen LogP contribution in [0.25, 0.3) is 0 Å². The molecule has 126 valence electrons. The van der Waals surface area contributed by atoms with Crippen molar-refractivity contribution in [2.24, 2.45) is 5.92 Å². The number of likely N-dealkylation sites (tertiary alicyclic amines) is 1. The number of rotatable bonds is 3. The van der Waals surface area contributed by atoms with E-state index >= 15 is 0 Å². The molecule has 1 fully saturated rings. The van der Waals surface area contributed by atoms with E-state index in [1.54, 1.807) is 11.0 Å². The zero-order valence-corrected chi connectivity index (χ0v) is 13.9. The first-order chi connectivity index (χ1) is 10.9. The van der Waals surface area contributed by atoms with Gasteiger partial charge in [-0.05, 0) is 37.5 Å². The van der Waals surface area contributed by atoms with Crippen molar-refractivity contribution in [3.05, 3.63) is 34.6 Å². The average Bonchev–Trinajstić information content (AvgIpc) is 2.56. The Morgan fingerprint density at radius 1 is 1.39 bits per heavy atom. The first-order valence-electron chi connectivity index (χ1n) is 7.50. The van der Waals surface area contributed by atoms with Crippen molar-refractivity contribution in [2.75, 3.05) is 20.2 Å². The quantitative estimate of drug-likeness (QED) is 0.858. The highest BCUT2D eigenvalue weighted by atomic mass is 35.5. The highest BCUT2D eigenvalue weighted by Gasteiger charge is 2.28. The number of halogens is 2. The number of nitrogens with one attached hydrogen (secondary N) is 1. The molecule has 1 N–H and O–H groups in total. The van der Waals surface area contributed by atoms with Crippen LogP contribution >= 0.6 is 11.6 Å². The standard InChI is InChI=1S/C16H20ClFN2O3/c1-10(12-3-4-14(18)13(17)9-12)19-16(22)20-7-5-11(6-8-20)15(21)23-2/h3-4,9-11H,5-8H2,1-2H3,(H,19,22)/t10-/m0/s1. The molecule has 1 aromatic rings. The first-order valence-corrected chi connectivity index (χ1v) is 7.88. The SMILES string of the molecule is COC(=O)C1CCN(C(=O)N[C@@H](C)c2ccc(F)c(Cl)c2)CC1. The summed E-state index contributed by atoms with van der Waals surface area (Å²) < 4.78 is 17.9. The third kappa shape index (κ3) is 4.34. The molecule has 0 aliphatic carbocycles. The lowest BCUT2D eigenvalue weighted by Gasteiger charge is -2.31. The van der Waals surface area contributed by atoms with Crippen LogP contribution in [0.5, 0.6) is 0 Å². The van der Waals surface area contributed by atoms with Crippen LogP contribution in [0.3, 0.4) is 0 Å². The molecule has 0 aromatic heterocycles. The second-order valence-electron chi connectivity index (χ2n) is 5.63. The number of nitrogens with zero attached hydrogens (tertiary/aromatic N) is 1. The van der Waals surface area contributed by atoms with Crippen molar-refractivity contribution in [3.63, 3.8) is 0 Å². The number of methoxy groups -OCH3 is 1. The van der Waals surface area contributed by atoms with Gasteiger partial charge in [0, 0.05) is 13.1 Å². The Morgan fingerprint density at radius 3 is 2.61 bits per heavy atom. The summed E-state index contributed by atoms with van der Waals surface area (Å²) in [6, 6.07) is 3.88. The number of amides is 2. The highest BCUT2D eigenvalue weighted by Crippen LogP contribution is 2.22. The molecule has 1 saturated heterocycles. The number of ether oxygens (including phenoxy) is 1. The van der Waals surface area contributed by atoms with Crippen LogP contribution in [0.2, 0.25) is 5.02 Å². The van der Waals surface area contributed by atoms with E-state index in [2.05, 4.69) is 5.32 Å². The second-order valence-corrected chi connectivity index (χ2v) is 6.04. The van der Waals surface area contributed by atoms with Gasteiger partial charge in [0.05, 0.1) is 24.1 Å². The Labute approximate surface area is 139 Å². The zero-order valence-electron chi connectivity index (χ0n) is 13.1. The minimum absolute atomic E-state index is 0.0301. The van der Waals surface area contributed by atoms with Crippen molar-refractivity contribution in [1.29, 1.82) is 0 Å². The fourth-order valence-corrected chi connectivity index (χ4v) is 2.82. The summed E-state index contributed by atoms with van der Waals surface area (Å²) >= 11 is 5.76. The van der Waals surface area contributed by atoms with Crippen LogP contribution < -0.4 is 5.32 Å². The van der Waals surface area contributed by atoms with Gasteiger partial charge in [0.25, 0.3) is 0 Å². The van der Waals surface area contributed by atoms with Gasteiger partial charge < -0.3 is 15.0 Å². The molecule has 1 aromatic carbocycles. The first kappa shape index (κ1) is 17.5. The van der Waals surface area contributed by atoms with Crippen molar-refractivity contribution >= 4 is 23.6 Å². The summed E-state index contributed by atoms with van der Waals surface area (Å²) in [7, 11) is 1.37. The molecule has 2 rings (SSSR count). The topological polar surface area (TPSA) is 58.6 Å². The van der Waals surface area contributed by atoms with Crippen LogP contribution in [0.15, 0.2) is 18.2 Å². The monoisotopic (exact) mass is 342 g/mol. The Balaban J connectivity index is 1.89. The predicted octanol–water partition coefficient (Wildman–Crippen LogP) is 3.13. The second kappa shape index (κ2) is 7.64. The van der Waals surface area contributed by atoms with Gasteiger partial charge in [0.1, 0.15) is 5.82 Å². The molecule has 0 saturated carbocycles. The smallest absolute Gasteiger partial charge is 0.317 e. The number of urea groups is 1. The maximum Gasteiger partial charge on any atom is 0.317 e. The molecule has 1 atom stereocenters. The lowest BCUT2D eigenvalue weighted by atomic mass is 9.97. The van der Waals surface area contributed by atoms with Crippen molar-refractivity contribution in [2.45, 2.75) is 25.8 Å². The highest BCUT2D eigenvalue weighted by molar-refractivity contribution is 6.30. The minimum atomic E-state index is -0.487. The Bertz CT molecular complexity index is 589. The summed E-state index contributed by atoms with van der Waals surface area (Å²) in [4.78, 5) is 25.4. The van der Waals surface area contributed by atoms with Crippen LogP contribution in [0, 0.1) is 11.7 Å². The fourth-order valence-electron chi connectivity index (χ4n) is 2.63. The van der Waals surface area contributed by atoms with Gasteiger partial charge in [-0.25, -0.2) is 9.18 Å². The Kier molecular flexibility index (Phi) is 5.82. The zero-order chi connectivity index (χ0) is 17.0. The molecule has 1 aliphatic rings. The number of piperidine rings is 1. The predicted molar refractivity (Wildman–Crippen MR) is 84.7 cm³/mol. The fraction of sp³-hybridized carbons (Fsp3) is 0.500. The molecule has 7 heteroatoms. The molecular formula is C16H20ClFN2O3. The van der Waals surface area contributed by atoms with Crippen molar-refractivity contribution in [1.82, 2.24) is 10.2 Å². The Hall–Kier alpha value is -1.82. The van der Waals surface area contributed by atoms with Crippen LogP contribution in [0.1, 0.15) is 31.4 Å². The minimum Gasteiger partial charge on any atom is -0.469 e. The van der Waals surface area contributed by atoms with E-state index in [0.717, 1.165) is 5.56 Å². The van der Waals surface area contributed by atoms with E-state index in [1.807, 2.05) is 6.92 Å². The van der Waals surface area contributed by atoms with Crippen molar-refractivity contribution < 1.29 is 18.7 Å². The maximum atomic E-state index is 13.2. The van der Waals surface area contributed by atoms with Gasteiger partial charge in [0.15, 0.2) is 0 Å². The average molecular weight is 343 g/mol. The molecule has 5 nitrogen and oxygen atoms in total. The summed E-state index contributed by atoms with van der Waals surface area (Å²) in [5.41, 5.74) is 0.731. The lowest BCUT2D eigenvalue weighted by molar-refractivity contribution is -0.146. The van der Waals surface area contributed by atoms with Gasteiger partial charge in [-0.1, -0.05) is 17.7 Å². The lowest BCUT2D eigenvalue weighted by Crippen LogP contribution is -2.46. The number of hydrogen-bond donors (Lipinski definition) is 1. The van der Waals surface area contributed by atoms with E-state index in [9.17, 15) is 14.0 Å². The third-order valence-electron chi connectivity index (χ3n) is 4.10. The molecule has 1 aliphatic heterocycles. The molecular weight excluding hydrogens is 323 g/mol. The van der Waals surface area contributed by atoms with Crippen LogP contribution in [-0.4, -0.2) is 37.1 Å². The summed E-state index contributed by atoms with van der Waals surface area (Å²) in [6.07, 6.45) is 1.19. The number of carbonyl (C=O) groups is 2.